The van der Waals surface area contributed by atoms with Gasteiger partial charge in [0.05, 0.1) is 0 Å². The molecule has 14 heavy (non-hydrogen) atoms. The van der Waals surface area contributed by atoms with E-state index in [1.54, 1.807) is 11.3 Å². The van der Waals surface area contributed by atoms with E-state index in [0.29, 0.717) is 0 Å². The Morgan fingerprint density at radius 2 is 2.57 bits per heavy atom. The van der Waals surface area contributed by atoms with Gasteiger partial charge in [-0.15, -0.1) is 11.3 Å². The molecule has 0 aliphatic carbocycles. The highest BCUT2D eigenvalue weighted by Gasteiger charge is 2.27. The number of thiophene rings is 1. The molecule has 0 spiro atoms. The lowest BCUT2D eigenvalue weighted by Gasteiger charge is -2.24. The number of rotatable bonds is 3. The minimum absolute atomic E-state index is 0.281. The molecule has 0 aromatic carbocycles. The van der Waals surface area contributed by atoms with Crippen LogP contribution in [0.25, 0.3) is 0 Å². The zero-order chi connectivity index (χ0) is 10.0. The van der Waals surface area contributed by atoms with Crippen LogP contribution in [0.4, 0.5) is 0 Å². The largest absolute Gasteiger partial charge is 0.315 e. The molecule has 2 heterocycles. The molecule has 1 fully saturated rings. The molecule has 2 N–H and O–H groups in total. The summed E-state index contributed by atoms with van der Waals surface area (Å²) in [5.41, 5.74) is 0.281. The van der Waals surface area contributed by atoms with Gasteiger partial charge in [0, 0.05) is 28.0 Å². The Balaban J connectivity index is 1.91. The van der Waals surface area contributed by atoms with Crippen LogP contribution >= 0.6 is 27.3 Å². The first kappa shape index (κ1) is 10.6. The summed E-state index contributed by atoms with van der Waals surface area (Å²) in [5.74, 6) is 0. The topological polar surface area (TPSA) is 24.1 Å². The zero-order valence-electron chi connectivity index (χ0n) is 8.27. The highest BCUT2D eigenvalue weighted by Crippen LogP contribution is 2.23. The molecule has 0 radical (unpaired) electrons. The van der Waals surface area contributed by atoms with E-state index >= 15 is 0 Å². The Morgan fingerprint density at radius 3 is 3.14 bits per heavy atom. The second-order valence-corrected chi connectivity index (χ2v) is 5.89. The predicted molar refractivity (Wildman–Crippen MR) is 64.8 cm³/mol. The van der Waals surface area contributed by atoms with E-state index in [-0.39, 0.29) is 5.54 Å². The highest BCUT2D eigenvalue weighted by atomic mass is 79.9. The van der Waals surface area contributed by atoms with E-state index < -0.39 is 0 Å². The van der Waals surface area contributed by atoms with Crippen molar-refractivity contribution >= 4 is 27.3 Å². The molecule has 0 bridgehead atoms. The molecule has 1 aliphatic rings. The van der Waals surface area contributed by atoms with Crippen molar-refractivity contribution in [1.29, 1.82) is 0 Å². The van der Waals surface area contributed by atoms with Gasteiger partial charge in [-0.3, -0.25) is 0 Å². The van der Waals surface area contributed by atoms with Crippen molar-refractivity contribution in [1.82, 2.24) is 10.6 Å². The van der Waals surface area contributed by atoms with E-state index in [1.807, 2.05) is 0 Å². The van der Waals surface area contributed by atoms with Gasteiger partial charge in [-0.2, -0.15) is 0 Å². The lowest BCUT2D eigenvalue weighted by Crippen LogP contribution is -2.43. The van der Waals surface area contributed by atoms with E-state index in [4.69, 9.17) is 0 Å². The summed E-state index contributed by atoms with van der Waals surface area (Å²) in [6.45, 7) is 5.47. The number of hydrogen-bond acceptors (Lipinski definition) is 3. The number of halogens is 1. The smallest absolute Gasteiger partial charge is 0.0327 e. The normalized spacial score (nSPS) is 27.0. The van der Waals surface area contributed by atoms with Crippen LogP contribution in [-0.2, 0) is 6.54 Å². The van der Waals surface area contributed by atoms with Gasteiger partial charge in [0.1, 0.15) is 0 Å². The molecule has 2 rings (SSSR count). The molecule has 1 unspecified atom stereocenters. The zero-order valence-corrected chi connectivity index (χ0v) is 10.7. The van der Waals surface area contributed by atoms with Crippen LogP contribution in [0.15, 0.2) is 15.9 Å². The van der Waals surface area contributed by atoms with Gasteiger partial charge < -0.3 is 10.6 Å². The van der Waals surface area contributed by atoms with Crippen LogP contribution in [-0.4, -0.2) is 18.6 Å². The third-order valence-corrected chi connectivity index (χ3v) is 4.66. The fourth-order valence-electron chi connectivity index (χ4n) is 1.71. The van der Waals surface area contributed by atoms with Crippen molar-refractivity contribution in [3.05, 3.63) is 20.8 Å². The lowest BCUT2D eigenvalue weighted by molar-refractivity contribution is 0.387. The van der Waals surface area contributed by atoms with Gasteiger partial charge in [-0.05, 0) is 47.3 Å². The van der Waals surface area contributed by atoms with Crippen molar-refractivity contribution < 1.29 is 0 Å². The van der Waals surface area contributed by atoms with Gasteiger partial charge in [-0.25, -0.2) is 0 Å². The standard InChI is InChI=1S/C10H15BrN2S/c1-10(3-4-12-7-10)13-6-9-8(11)2-5-14-9/h2,5,12-13H,3-4,6-7H2,1H3. The molecule has 78 valence electrons. The van der Waals surface area contributed by atoms with Crippen LogP contribution in [0.5, 0.6) is 0 Å². The summed E-state index contributed by atoms with van der Waals surface area (Å²) in [5, 5.41) is 9.13. The Labute approximate surface area is 97.2 Å². The molecule has 0 amide bonds. The molecular weight excluding hydrogens is 260 g/mol. The lowest BCUT2D eigenvalue weighted by atomic mass is 10.0. The van der Waals surface area contributed by atoms with E-state index in [2.05, 4.69) is 44.9 Å². The quantitative estimate of drug-likeness (QED) is 0.885. The first-order valence-electron chi connectivity index (χ1n) is 4.87. The molecule has 0 saturated carbocycles. The summed E-state index contributed by atoms with van der Waals surface area (Å²) < 4.78 is 1.23. The minimum atomic E-state index is 0.281. The van der Waals surface area contributed by atoms with Crippen LogP contribution in [0.2, 0.25) is 0 Å². The fraction of sp³-hybridized carbons (Fsp3) is 0.600. The van der Waals surface area contributed by atoms with Gasteiger partial charge in [0.25, 0.3) is 0 Å². The number of hydrogen-bond donors (Lipinski definition) is 2. The van der Waals surface area contributed by atoms with Crippen LogP contribution in [0, 0.1) is 0 Å². The summed E-state index contributed by atoms with van der Waals surface area (Å²) in [6, 6.07) is 2.11. The Kier molecular flexibility index (Phi) is 3.27. The molecule has 1 saturated heterocycles. The first-order valence-corrected chi connectivity index (χ1v) is 6.54. The number of nitrogens with one attached hydrogen (secondary N) is 2. The second kappa shape index (κ2) is 4.31. The van der Waals surface area contributed by atoms with Crippen molar-refractivity contribution in [2.24, 2.45) is 0 Å². The summed E-state index contributed by atoms with van der Waals surface area (Å²) in [6.07, 6.45) is 1.22. The summed E-state index contributed by atoms with van der Waals surface area (Å²) >= 11 is 5.35. The highest BCUT2D eigenvalue weighted by molar-refractivity contribution is 9.10. The van der Waals surface area contributed by atoms with E-state index in [1.165, 1.54) is 15.8 Å². The first-order chi connectivity index (χ1) is 6.70. The van der Waals surface area contributed by atoms with Gasteiger partial charge in [0.2, 0.25) is 0 Å². The van der Waals surface area contributed by atoms with Gasteiger partial charge >= 0.3 is 0 Å². The minimum Gasteiger partial charge on any atom is -0.315 e. The Bertz CT molecular complexity index is 305. The predicted octanol–water partition coefficient (Wildman–Crippen LogP) is 2.35. The third-order valence-electron chi connectivity index (χ3n) is 2.74. The Morgan fingerprint density at radius 1 is 1.71 bits per heavy atom. The fourth-order valence-corrected chi connectivity index (χ4v) is 3.14. The van der Waals surface area contributed by atoms with Crippen LogP contribution < -0.4 is 10.6 Å². The molecule has 4 heteroatoms. The van der Waals surface area contributed by atoms with Gasteiger partial charge in [0.15, 0.2) is 0 Å². The SMILES string of the molecule is CC1(NCc2sccc2Br)CCNC1. The molecule has 1 aromatic heterocycles. The molecule has 2 nitrogen and oxygen atoms in total. The van der Waals surface area contributed by atoms with Crippen molar-refractivity contribution in [2.75, 3.05) is 13.1 Å². The molecular formula is C10H15BrN2S. The van der Waals surface area contributed by atoms with E-state index in [9.17, 15) is 0 Å². The second-order valence-electron chi connectivity index (χ2n) is 4.03. The van der Waals surface area contributed by atoms with Crippen molar-refractivity contribution in [3.8, 4) is 0 Å². The monoisotopic (exact) mass is 274 g/mol. The summed E-state index contributed by atoms with van der Waals surface area (Å²) in [4.78, 5) is 1.39. The Hall–Kier alpha value is 0.1000. The van der Waals surface area contributed by atoms with Crippen LogP contribution in [0.3, 0.4) is 0 Å². The van der Waals surface area contributed by atoms with Crippen LogP contribution in [0.1, 0.15) is 18.2 Å². The maximum absolute atomic E-state index is 3.62. The average Bonchev–Trinajstić information content (AvgIpc) is 2.73. The van der Waals surface area contributed by atoms with Crippen molar-refractivity contribution in [3.63, 3.8) is 0 Å². The van der Waals surface area contributed by atoms with E-state index in [0.717, 1.165) is 19.6 Å². The van der Waals surface area contributed by atoms with Gasteiger partial charge in [-0.1, -0.05) is 0 Å². The maximum atomic E-state index is 3.62. The third kappa shape index (κ3) is 2.37. The maximum Gasteiger partial charge on any atom is 0.0327 e. The molecule has 1 atom stereocenters. The summed E-state index contributed by atoms with van der Waals surface area (Å²) in [7, 11) is 0. The average molecular weight is 275 g/mol. The molecule has 1 aromatic rings. The van der Waals surface area contributed by atoms with Crippen molar-refractivity contribution in [2.45, 2.75) is 25.4 Å². The molecule has 1 aliphatic heterocycles.